The summed E-state index contributed by atoms with van der Waals surface area (Å²) in [4.78, 5) is 0. The minimum Gasteiger partial charge on any atom is -0.145 e. The van der Waals surface area contributed by atoms with Gasteiger partial charge in [-0.15, -0.1) is 9.05 Å². The maximum atomic E-state index is 11.9. The molecule has 0 radical (unpaired) electrons. The van der Waals surface area contributed by atoms with E-state index in [1.807, 2.05) is 42.5 Å². The van der Waals surface area contributed by atoms with Gasteiger partial charge in [-0.3, -0.25) is 0 Å². The third-order valence-electron chi connectivity index (χ3n) is 2.64. The predicted molar refractivity (Wildman–Crippen MR) is 80.0 cm³/mol. The summed E-state index contributed by atoms with van der Waals surface area (Å²) in [5.41, 5.74) is 2.17. The van der Waals surface area contributed by atoms with Crippen molar-refractivity contribution in [3.05, 3.63) is 54.6 Å². The summed E-state index contributed by atoms with van der Waals surface area (Å²) >= 11 is 0. The first-order valence-electron chi connectivity index (χ1n) is 6.06. The van der Waals surface area contributed by atoms with Gasteiger partial charge in [0.15, 0.2) is 0 Å². The molecule has 0 saturated heterocycles. The molecule has 6 heteroatoms. The van der Waals surface area contributed by atoms with Crippen LogP contribution in [0.15, 0.2) is 54.6 Å². The molecule has 0 fully saturated rings. The van der Waals surface area contributed by atoms with Crippen LogP contribution in [0, 0.1) is 0 Å². The Labute approximate surface area is 119 Å². The lowest BCUT2D eigenvalue weighted by molar-refractivity contribution is 0.240. The second kappa shape index (κ2) is 7.98. The zero-order valence-electron chi connectivity index (χ0n) is 10.7. The first kappa shape index (κ1) is 15.0. The van der Waals surface area contributed by atoms with E-state index in [4.69, 9.17) is 4.52 Å². The minimum atomic E-state index is -1.90. The Hall–Kier alpha value is -1.44. The minimum absolute atomic E-state index is 0.158. The number of benzene rings is 2. The molecule has 2 atom stereocenters. The zero-order valence-corrected chi connectivity index (χ0v) is 12.6. The highest BCUT2D eigenvalue weighted by atomic mass is 31.1. The molecule has 2 unspecified atom stereocenters. The van der Waals surface area contributed by atoms with Crippen LogP contribution >= 0.6 is 16.7 Å². The molecule has 0 aliphatic carbocycles. The van der Waals surface area contributed by atoms with Gasteiger partial charge in [0.2, 0.25) is 5.30 Å². The number of hydrogen-bond donors (Lipinski definition) is 0. The lowest BCUT2D eigenvalue weighted by Gasteiger charge is -1.99. The van der Waals surface area contributed by atoms with Crippen molar-refractivity contribution in [2.45, 2.75) is 0 Å². The molecular formula is C14H14O4P2+2. The van der Waals surface area contributed by atoms with Crippen LogP contribution in [0.1, 0.15) is 0 Å². The van der Waals surface area contributed by atoms with Crippen molar-refractivity contribution in [2.75, 3.05) is 13.2 Å². The summed E-state index contributed by atoms with van der Waals surface area (Å²) in [7, 11) is -2.72. The van der Waals surface area contributed by atoms with E-state index in [-0.39, 0.29) is 13.2 Å². The van der Waals surface area contributed by atoms with E-state index >= 15 is 0 Å². The first-order valence-corrected chi connectivity index (χ1v) is 8.05. The lowest BCUT2D eigenvalue weighted by atomic mass is 10.1. The predicted octanol–water partition coefficient (Wildman–Crippen LogP) is 3.69. The van der Waals surface area contributed by atoms with E-state index in [2.05, 4.69) is 4.52 Å². The molecule has 0 aliphatic heterocycles. The fourth-order valence-electron chi connectivity index (χ4n) is 1.68. The maximum Gasteiger partial charge on any atom is 0.548 e. The van der Waals surface area contributed by atoms with E-state index < -0.39 is 16.7 Å². The van der Waals surface area contributed by atoms with E-state index in [1.165, 1.54) is 0 Å². The second-order valence-electron chi connectivity index (χ2n) is 3.94. The molecule has 102 valence electrons. The highest BCUT2D eigenvalue weighted by Gasteiger charge is 2.22. The quantitative estimate of drug-likeness (QED) is 0.578. The number of hydrogen-bond acceptors (Lipinski definition) is 4. The van der Waals surface area contributed by atoms with Gasteiger partial charge in [-0.25, -0.2) is 0 Å². The van der Waals surface area contributed by atoms with E-state index in [0.717, 1.165) is 11.1 Å². The van der Waals surface area contributed by atoms with Crippen LogP contribution in [0.25, 0.3) is 11.1 Å². The Morgan fingerprint density at radius 2 is 1.55 bits per heavy atom. The fraction of sp³-hybridized carbons (Fsp3) is 0.143. The second-order valence-corrected chi connectivity index (χ2v) is 5.68. The van der Waals surface area contributed by atoms with Gasteiger partial charge in [-0.2, -0.15) is 0 Å². The Morgan fingerprint density at radius 3 is 2.20 bits per heavy atom. The Kier molecular flexibility index (Phi) is 5.97. The summed E-state index contributed by atoms with van der Waals surface area (Å²) in [6.07, 6.45) is 0. The largest absolute Gasteiger partial charge is 0.548 e. The van der Waals surface area contributed by atoms with Crippen molar-refractivity contribution in [1.29, 1.82) is 0 Å². The summed E-state index contributed by atoms with van der Waals surface area (Å²) in [5.74, 6) is 0. The van der Waals surface area contributed by atoms with Crippen molar-refractivity contribution in [3.8, 4) is 11.1 Å². The molecule has 0 bridgehead atoms. The maximum absolute atomic E-state index is 11.9. The van der Waals surface area contributed by atoms with E-state index in [1.54, 1.807) is 12.1 Å². The van der Waals surface area contributed by atoms with Gasteiger partial charge in [0, 0.05) is 0 Å². The van der Waals surface area contributed by atoms with Crippen LogP contribution in [0.3, 0.4) is 0 Å². The monoisotopic (exact) mass is 308 g/mol. The van der Waals surface area contributed by atoms with Crippen molar-refractivity contribution < 1.29 is 18.2 Å². The molecule has 2 aromatic rings. The molecule has 0 saturated carbocycles. The molecule has 0 spiro atoms. The van der Waals surface area contributed by atoms with Crippen molar-refractivity contribution in [3.63, 3.8) is 0 Å². The smallest absolute Gasteiger partial charge is 0.145 e. The van der Waals surface area contributed by atoms with Gasteiger partial charge in [-0.1, -0.05) is 30.3 Å². The number of rotatable bonds is 7. The molecular weight excluding hydrogens is 294 g/mol. The average molecular weight is 308 g/mol. The van der Waals surface area contributed by atoms with Gasteiger partial charge in [0.1, 0.15) is 13.2 Å². The van der Waals surface area contributed by atoms with E-state index in [0.29, 0.717) is 5.30 Å². The SMILES string of the molecule is O=[PH+]OCCO[P+](=O)c1ccc(-c2ccccc2)cc1. The normalized spacial score (nSPS) is 11.5. The molecule has 0 aliphatic rings. The van der Waals surface area contributed by atoms with Gasteiger partial charge in [-0.05, 0) is 44.5 Å². The van der Waals surface area contributed by atoms with Crippen LogP contribution in [0.2, 0.25) is 0 Å². The molecule has 0 N–H and O–H groups in total. The Balaban J connectivity index is 1.97. The van der Waals surface area contributed by atoms with Crippen molar-refractivity contribution in [1.82, 2.24) is 0 Å². The standard InChI is InChI=1S/C14H14O4P2/c15-19-17-10-11-18-20(16)14-8-6-13(7-9-14)12-4-2-1-3-5-12/h1-9,19H,10-11H2/q+2. The highest BCUT2D eigenvalue weighted by molar-refractivity contribution is 7.48. The average Bonchev–Trinajstić information content (AvgIpc) is 2.52. The Morgan fingerprint density at radius 1 is 0.900 bits per heavy atom. The topological polar surface area (TPSA) is 52.6 Å². The van der Waals surface area contributed by atoms with Crippen molar-refractivity contribution >= 4 is 22.0 Å². The molecule has 0 amide bonds. The summed E-state index contributed by atoms with van der Waals surface area (Å²) < 4.78 is 31.7. The van der Waals surface area contributed by atoms with Crippen LogP contribution in [0.5, 0.6) is 0 Å². The zero-order chi connectivity index (χ0) is 14.2. The van der Waals surface area contributed by atoms with Crippen LogP contribution < -0.4 is 5.30 Å². The third kappa shape index (κ3) is 4.29. The van der Waals surface area contributed by atoms with E-state index in [9.17, 15) is 9.13 Å². The molecule has 20 heavy (non-hydrogen) atoms. The molecule has 2 aromatic carbocycles. The Bertz CT molecular complexity index is 569. The summed E-state index contributed by atoms with van der Waals surface area (Å²) in [6, 6.07) is 17.4. The lowest BCUT2D eigenvalue weighted by Crippen LogP contribution is -2.01. The van der Waals surface area contributed by atoms with Crippen LogP contribution in [0.4, 0.5) is 0 Å². The fourth-order valence-corrected chi connectivity index (χ4v) is 2.63. The van der Waals surface area contributed by atoms with Gasteiger partial charge < -0.3 is 0 Å². The third-order valence-corrected chi connectivity index (χ3v) is 4.10. The molecule has 2 rings (SSSR count). The molecule has 0 aromatic heterocycles. The first-order chi connectivity index (χ1) is 9.81. The summed E-state index contributed by atoms with van der Waals surface area (Å²) in [5, 5.41) is 0.629. The molecule has 0 heterocycles. The van der Waals surface area contributed by atoms with Gasteiger partial charge in [0.05, 0.1) is 0 Å². The van der Waals surface area contributed by atoms with Crippen LogP contribution in [-0.4, -0.2) is 13.2 Å². The highest BCUT2D eigenvalue weighted by Crippen LogP contribution is 2.24. The van der Waals surface area contributed by atoms with Gasteiger partial charge in [0.25, 0.3) is 0 Å². The van der Waals surface area contributed by atoms with Crippen molar-refractivity contribution in [2.24, 2.45) is 0 Å². The summed E-state index contributed by atoms with van der Waals surface area (Å²) in [6.45, 7) is 0.329. The van der Waals surface area contributed by atoms with Gasteiger partial charge >= 0.3 is 16.7 Å². The van der Waals surface area contributed by atoms with Crippen LogP contribution in [-0.2, 0) is 18.2 Å². The molecule has 4 nitrogen and oxygen atoms in total.